The van der Waals surface area contributed by atoms with Crippen molar-refractivity contribution in [3.05, 3.63) is 53.6 Å². The van der Waals surface area contributed by atoms with E-state index in [0.717, 1.165) is 29.2 Å². The topological polar surface area (TPSA) is 56.8 Å². The van der Waals surface area contributed by atoms with E-state index in [1.165, 1.54) is 5.56 Å². The second-order valence-corrected chi connectivity index (χ2v) is 6.88. The van der Waals surface area contributed by atoms with E-state index in [0.29, 0.717) is 12.4 Å². The van der Waals surface area contributed by atoms with Crippen molar-refractivity contribution in [1.82, 2.24) is 5.32 Å². The molecule has 6 heteroatoms. The number of fused-ring (bicyclic) bond motifs is 1. The third-order valence-corrected chi connectivity index (χ3v) is 5.04. The maximum Gasteiger partial charge on any atom is 0.231 e. The van der Waals surface area contributed by atoms with Gasteiger partial charge in [-0.25, -0.2) is 0 Å². The van der Waals surface area contributed by atoms with Crippen LogP contribution in [0.2, 0.25) is 0 Å². The Kier molecular flexibility index (Phi) is 4.21. The van der Waals surface area contributed by atoms with Crippen molar-refractivity contribution in [2.45, 2.75) is 18.4 Å². The summed E-state index contributed by atoms with van der Waals surface area (Å²) in [4.78, 5) is 11.2. The first-order chi connectivity index (χ1) is 11.8. The molecule has 0 bridgehead atoms. The summed E-state index contributed by atoms with van der Waals surface area (Å²) >= 11 is 1.65. The van der Waals surface area contributed by atoms with Crippen LogP contribution in [0.5, 0.6) is 17.2 Å². The maximum absolute atomic E-state index is 11.2. The Balaban J connectivity index is 1.33. The lowest BCUT2D eigenvalue weighted by Gasteiger charge is -2.11. The Bertz CT molecular complexity index is 747. The predicted octanol–water partition coefficient (Wildman–Crippen LogP) is 2.73. The monoisotopic (exact) mass is 343 g/mol. The van der Waals surface area contributed by atoms with Gasteiger partial charge in [-0.15, -0.1) is 11.8 Å². The van der Waals surface area contributed by atoms with E-state index in [1.54, 1.807) is 11.8 Å². The molecule has 124 valence electrons. The van der Waals surface area contributed by atoms with Gasteiger partial charge in [0, 0.05) is 6.42 Å². The van der Waals surface area contributed by atoms with Crippen LogP contribution in [0.3, 0.4) is 0 Å². The highest BCUT2D eigenvalue weighted by molar-refractivity contribution is 8.01. The van der Waals surface area contributed by atoms with E-state index in [4.69, 9.17) is 14.2 Å². The standard InChI is InChI=1S/C18H17NO4S/c20-17-10-24-18(19-17)8-12-1-4-14(5-2-12)21-9-13-3-6-15-16(7-13)23-11-22-15/h1-7,18H,8-11H2,(H,19,20). The molecule has 0 saturated carbocycles. The van der Waals surface area contributed by atoms with Gasteiger partial charge in [0.15, 0.2) is 11.5 Å². The Morgan fingerprint density at radius 1 is 1.08 bits per heavy atom. The first kappa shape index (κ1) is 15.2. The van der Waals surface area contributed by atoms with Crippen molar-refractivity contribution in [3.8, 4) is 17.2 Å². The molecule has 0 radical (unpaired) electrons. The summed E-state index contributed by atoms with van der Waals surface area (Å²) in [5.74, 6) is 3.04. The fourth-order valence-corrected chi connectivity index (χ4v) is 3.64. The number of carbonyl (C=O) groups excluding carboxylic acids is 1. The van der Waals surface area contributed by atoms with Crippen LogP contribution in [0.1, 0.15) is 11.1 Å². The highest BCUT2D eigenvalue weighted by Crippen LogP contribution is 2.32. The van der Waals surface area contributed by atoms with Gasteiger partial charge in [0.25, 0.3) is 0 Å². The molecule has 0 spiro atoms. The molecule has 24 heavy (non-hydrogen) atoms. The van der Waals surface area contributed by atoms with Crippen molar-refractivity contribution in [2.75, 3.05) is 12.5 Å². The van der Waals surface area contributed by atoms with Crippen LogP contribution in [0.15, 0.2) is 42.5 Å². The van der Waals surface area contributed by atoms with Crippen LogP contribution in [0.25, 0.3) is 0 Å². The second kappa shape index (κ2) is 6.65. The fraction of sp³-hybridized carbons (Fsp3) is 0.278. The van der Waals surface area contributed by atoms with Gasteiger partial charge in [0.05, 0.1) is 11.1 Å². The Morgan fingerprint density at radius 2 is 1.88 bits per heavy atom. The lowest BCUT2D eigenvalue weighted by molar-refractivity contribution is -0.118. The number of rotatable bonds is 5. The van der Waals surface area contributed by atoms with Crippen molar-refractivity contribution >= 4 is 17.7 Å². The molecule has 1 amide bonds. The van der Waals surface area contributed by atoms with Crippen LogP contribution >= 0.6 is 11.8 Å². The average molecular weight is 343 g/mol. The largest absolute Gasteiger partial charge is 0.489 e. The van der Waals surface area contributed by atoms with Crippen LogP contribution in [-0.4, -0.2) is 23.8 Å². The second-order valence-electron chi connectivity index (χ2n) is 5.69. The molecule has 2 aliphatic rings. The van der Waals surface area contributed by atoms with E-state index in [9.17, 15) is 4.79 Å². The summed E-state index contributed by atoms with van der Waals surface area (Å²) < 4.78 is 16.5. The SMILES string of the molecule is O=C1CSC(Cc2ccc(OCc3ccc4c(c3)OCO4)cc2)N1. The van der Waals surface area contributed by atoms with Gasteiger partial charge in [0.1, 0.15) is 12.4 Å². The molecule has 2 aromatic rings. The fourth-order valence-electron chi connectivity index (χ4n) is 2.68. The first-order valence-electron chi connectivity index (χ1n) is 7.77. The van der Waals surface area contributed by atoms with Gasteiger partial charge in [-0.3, -0.25) is 4.79 Å². The van der Waals surface area contributed by atoms with Gasteiger partial charge in [-0.05, 0) is 35.4 Å². The number of nitrogens with one attached hydrogen (secondary N) is 1. The minimum Gasteiger partial charge on any atom is -0.489 e. The number of carbonyl (C=O) groups is 1. The van der Waals surface area contributed by atoms with Gasteiger partial charge in [0.2, 0.25) is 12.7 Å². The van der Waals surface area contributed by atoms with E-state index in [1.807, 2.05) is 42.5 Å². The molecular formula is C18H17NO4S. The minimum atomic E-state index is 0.119. The molecular weight excluding hydrogens is 326 g/mol. The zero-order valence-electron chi connectivity index (χ0n) is 13.0. The smallest absolute Gasteiger partial charge is 0.231 e. The molecule has 2 heterocycles. The van der Waals surface area contributed by atoms with E-state index in [-0.39, 0.29) is 18.1 Å². The van der Waals surface area contributed by atoms with Crippen molar-refractivity contribution in [3.63, 3.8) is 0 Å². The Morgan fingerprint density at radius 3 is 2.67 bits per heavy atom. The molecule has 1 fully saturated rings. The van der Waals surface area contributed by atoms with E-state index < -0.39 is 0 Å². The molecule has 1 N–H and O–H groups in total. The van der Waals surface area contributed by atoms with Gasteiger partial charge < -0.3 is 19.5 Å². The predicted molar refractivity (Wildman–Crippen MR) is 91.4 cm³/mol. The normalized spacial score (nSPS) is 18.5. The molecule has 1 unspecified atom stereocenters. The summed E-state index contributed by atoms with van der Waals surface area (Å²) in [6, 6.07) is 13.8. The molecule has 0 aromatic heterocycles. The van der Waals surface area contributed by atoms with E-state index >= 15 is 0 Å². The number of thioether (sulfide) groups is 1. The van der Waals surface area contributed by atoms with Gasteiger partial charge >= 0.3 is 0 Å². The third kappa shape index (κ3) is 3.43. The summed E-state index contributed by atoms with van der Waals surface area (Å²) in [6.07, 6.45) is 0.832. The number of hydrogen-bond donors (Lipinski definition) is 1. The summed E-state index contributed by atoms with van der Waals surface area (Å²) in [5, 5.41) is 3.13. The summed E-state index contributed by atoms with van der Waals surface area (Å²) in [6.45, 7) is 0.755. The lowest BCUT2D eigenvalue weighted by atomic mass is 10.1. The summed E-state index contributed by atoms with van der Waals surface area (Å²) in [7, 11) is 0. The quantitative estimate of drug-likeness (QED) is 0.905. The van der Waals surface area contributed by atoms with Crippen molar-refractivity contribution < 1.29 is 19.0 Å². The maximum atomic E-state index is 11.2. The zero-order valence-corrected chi connectivity index (χ0v) is 13.8. The van der Waals surface area contributed by atoms with Crippen LogP contribution in [-0.2, 0) is 17.8 Å². The number of hydrogen-bond acceptors (Lipinski definition) is 5. The highest BCUT2D eigenvalue weighted by Gasteiger charge is 2.21. The van der Waals surface area contributed by atoms with Gasteiger partial charge in [-0.1, -0.05) is 18.2 Å². The number of ether oxygens (including phenoxy) is 3. The molecule has 1 atom stereocenters. The third-order valence-electron chi connectivity index (χ3n) is 3.92. The van der Waals surface area contributed by atoms with Crippen LogP contribution in [0, 0.1) is 0 Å². The average Bonchev–Trinajstić information content (AvgIpc) is 3.22. The van der Waals surface area contributed by atoms with Crippen LogP contribution in [0.4, 0.5) is 0 Å². The molecule has 0 aliphatic carbocycles. The molecule has 2 aromatic carbocycles. The molecule has 4 rings (SSSR count). The minimum absolute atomic E-state index is 0.119. The molecule has 5 nitrogen and oxygen atoms in total. The number of amides is 1. The van der Waals surface area contributed by atoms with Crippen LogP contribution < -0.4 is 19.5 Å². The number of benzene rings is 2. The lowest BCUT2D eigenvalue weighted by Crippen LogP contribution is -2.26. The van der Waals surface area contributed by atoms with Gasteiger partial charge in [-0.2, -0.15) is 0 Å². The first-order valence-corrected chi connectivity index (χ1v) is 8.82. The molecule has 2 aliphatic heterocycles. The highest BCUT2D eigenvalue weighted by atomic mass is 32.2. The summed E-state index contributed by atoms with van der Waals surface area (Å²) in [5.41, 5.74) is 2.22. The van der Waals surface area contributed by atoms with E-state index in [2.05, 4.69) is 5.32 Å². The van der Waals surface area contributed by atoms with Crippen molar-refractivity contribution in [1.29, 1.82) is 0 Å². The Hall–Kier alpha value is -2.34. The van der Waals surface area contributed by atoms with Crippen molar-refractivity contribution in [2.24, 2.45) is 0 Å². The zero-order chi connectivity index (χ0) is 16.4. The Labute approximate surface area is 144 Å². The molecule has 1 saturated heterocycles.